The van der Waals surface area contributed by atoms with E-state index < -0.39 is 30.1 Å². The number of anilines is 1. The predicted molar refractivity (Wildman–Crippen MR) is 69.4 cm³/mol. The molecule has 7 heteroatoms. The third kappa shape index (κ3) is 2.09. The predicted octanol–water partition coefficient (Wildman–Crippen LogP) is 1.75. The summed E-state index contributed by atoms with van der Waals surface area (Å²) in [6.07, 6.45) is -0.437. The van der Waals surface area contributed by atoms with Crippen molar-refractivity contribution in [3.63, 3.8) is 0 Å². The molecule has 1 aromatic carbocycles. The Labute approximate surface area is 116 Å². The van der Waals surface area contributed by atoms with E-state index in [1.54, 1.807) is 6.07 Å². The molecule has 1 aliphatic heterocycles. The first-order chi connectivity index (χ1) is 8.41. The number of carbonyl (C=O) groups is 3. The number of barbiturate groups is 1. The topological polar surface area (TPSA) is 57.7 Å². The molecular formula is C11H8FIN2O3. The van der Waals surface area contributed by atoms with E-state index >= 15 is 0 Å². The van der Waals surface area contributed by atoms with Crippen molar-refractivity contribution in [1.82, 2.24) is 4.90 Å². The summed E-state index contributed by atoms with van der Waals surface area (Å²) in [4.78, 5) is 36.3. The molecule has 0 radical (unpaired) electrons. The minimum atomic E-state index is -0.837. The van der Waals surface area contributed by atoms with E-state index in [0.717, 1.165) is 4.90 Å². The van der Waals surface area contributed by atoms with E-state index in [1.807, 2.05) is 22.6 Å². The van der Waals surface area contributed by atoms with Crippen LogP contribution in [0.3, 0.4) is 0 Å². The molecule has 4 amide bonds. The van der Waals surface area contributed by atoms with Crippen LogP contribution in [-0.2, 0) is 9.59 Å². The quantitative estimate of drug-likeness (QED) is 0.565. The number of imide groups is 2. The van der Waals surface area contributed by atoms with Gasteiger partial charge in [-0.3, -0.25) is 14.5 Å². The zero-order valence-electron chi connectivity index (χ0n) is 9.31. The highest BCUT2D eigenvalue weighted by Gasteiger charge is 2.37. The van der Waals surface area contributed by atoms with Gasteiger partial charge in [-0.15, -0.1) is 0 Å². The van der Waals surface area contributed by atoms with Crippen LogP contribution in [0.1, 0.15) is 6.42 Å². The molecule has 0 spiro atoms. The molecule has 94 valence electrons. The van der Waals surface area contributed by atoms with Crippen LogP contribution < -0.4 is 4.90 Å². The zero-order chi connectivity index (χ0) is 13.4. The number of halogens is 2. The molecule has 0 bridgehead atoms. The number of nitrogens with zero attached hydrogens (tertiary/aromatic N) is 2. The summed E-state index contributed by atoms with van der Waals surface area (Å²) in [5.74, 6) is -1.98. The van der Waals surface area contributed by atoms with E-state index in [0.29, 0.717) is 8.47 Å². The summed E-state index contributed by atoms with van der Waals surface area (Å²) >= 11 is 1.92. The highest BCUT2D eigenvalue weighted by atomic mass is 127. The summed E-state index contributed by atoms with van der Waals surface area (Å²) in [5, 5.41) is 0. The summed E-state index contributed by atoms with van der Waals surface area (Å²) in [6.45, 7) is 0. The van der Waals surface area contributed by atoms with E-state index in [1.165, 1.54) is 19.2 Å². The number of urea groups is 1. The lowest BCUT2D eigenvalue weighted by atomic mass is 10.2. The molecule has 1 aliphatic rings. The van der Waals surface area contributed by atoms with Gasteiger partial charge < -0.3 is 0 Å². The number of carbonyl (C=O) groups excluding carboxylic acids is 3. The van der Waals surface area contributed by atoms with Crippen LogP contribution in [0, 0.1) is 9.39 Å². The maximum absolute atomic E-state index is 13.8. The van der Waals surface area contributed by atoms with Gasteiger partial charge in [-0.2, -0.15) is 0 Å². The second-order valence-electron chi connectivity index (χ2n) is 3.74. The van der Waals surface area contributed by atoms with Crippen LogP contribution in [-0.4, -0.2) is 29.8 Å². The Balaban J connectivity index is 2.46. The zero-order valence-corrected chi connectivity index (χ0v) is 11.5. The fraction of sp³-hybridized carbons (Fsp3) is 0.182. The van der Waals surface area contributed by atoms with Gasteiger partial charge >= 0.3 is 6.03 Å². The molecule has 1 saturated heterocycles. The Bertz CT molecular complexity index is 561. The van der Waals surface area contributed by atoms with Crippen molar-refractivity contribution < 1.29 is 18.8 Å². The molecule has 2 rings (SSSR count). The van der Waals surface area contributed by atoms with Crippen LogP contribution in [0.2, 0.25) is 0 Å². The molecule has 5 nitrogen and oxygen atoms in total. The van der Waals surface area contributed by atoms with Crippen molar-refractivity contribution in [1.29, 1.82) is 0 Å². The molecule has 0 saturated carbocycles. The lowest BCUT2D eigenvalue weighted by Crippen LogP contribution is -2.53. The molecule has 1 heterocycles. The van der Waals surface area contributed by atoms with E-state index in [2.05, 4.69) is 0 Å². The first-order valence-corrected chi connectivity index (χ1v) is 6.08. The second kappa shape index (κ2) is 4.63. The average molecular weight is 362 g/mol. The lowest BCUT2D eigenvalue weighted by molar-refractivity contribution is -0.134. The van der Waals surface area contributed by atoms with E-state index in [4.69, 9.17) is 0 Å². The molecule has 0 atom stereocenters. The fourth-order valence-corrected chi connectivity index (χ4v) is 2.04. The van der Waals surface area contributed by atoms with Crippen molar-refractivity contribution in [3.8, 4) is 0 Å². The van der Waals surface area contributed by atoms with Crippen molar-refractivity contribution in [2.24, 2.45) is 0 Å². The summed E-state index contributed by atoms with van der Waals surface area (Å²) in [5.41, 5.74) is -0.134. The van der Waals surface area contributed by atoms with Crippen molar-refractivity contribution in [2.45, 2.75) is 6.42 Å². The van der Waals surface area contributed by atoms with Gasteiger partial charge in [-0.05, 0) is 40.8 Å². The number of rotatable bonds is 1. The summed E-state index contributed by atoms with van der Waals surface area (Å²) in [6, 6.07) is 3.30. The first kappa shape index (κ1) is 12.9. The first-order valence-electron chi connectivity index (χ1n) is 5.00. The Kier molecular flexibility index (Phi) is 3.33. The standard InChI is InChI=1S/C11H8FIN2O3/c1-14-9(16)5-10(17)15(11(14)18)8-3-2-6(13)4-7(8)12/h2-4H,5H2,1H3. The Morgan fingerprint density at radius 2 is 1.89 bits per heavy atom. The van der Waals surface area contributed by atoms with Gasteiger partial charge in [-0.1, -0.05) is 0 Å². The smallest absolute Gasteiger partial charge is 0.274 e. The van der Waals surface area contributed by atoms with Crippen molar-refractivity contribution in [3.05, 3.63) is 27.6 Å². The average Bonchev–Trinajstić information content (AvgIpc) is 2.29. The Morgan fingerprint density at radius 3 is 2.50 bits per heavy atom. The van der Waals surface area contributed by atoms with Crippen LogP contribution in [0.15, 0.2) is 18.2 Å². The van der Waals surface area contributed by atoms with Crippen LogP contribution in [0.5, 0.6) is 0 Å². The molecule has 0 aromatic heterocycles. The van der Waals surface area contributed by atoms with E-state index in [9.17, 15) is 18.8 Å². The molecule has 0 unspecified atom stereocenters. The van der Waals surface area contributed by atoms with Crippen molar-refractivity contribution in [2.75, 3.05) is 11.9 Å². The van der Waals surface area contributed by atoms with Crippen LogP contribution >= 0.6 is 22.6 Å². The SMILES string of the molecule is CN1C(=O)CC(=O)N(c2ccc(I)cc2F)C1=O. The summed E-state index contributed by atoms with van der Waals surface area (Å²) < 4.78 is 14.4. The van der Waals surface area contributed by atoms with Gasteiger partial charge in [0.25, 0.3) is 0 Å². The van der Waals surface area contributed by atoms with Crippen LogP contribution in [0.25, 0.3) is 0 Å². The number of hydrogen-bond acceptors (Lipinski definition) is 3. The fourth-order valence-electron chi connectivity index (χ4n) is 1.59. The van der Waals surface area contributed by atoms with Gasteiger partial charge in [0.2, 0.25) is 11.8 Å². The highest BCUT2D eigenvalue weighted by molar-refractivity contribution is 14.1. The van der Waals surface area contributed by atoms with Gasteiger partial charge in [0, 0.05) is 10.6 Å². The monoisotopic (exact) mass is 362 g/mol. The third-order valence-corrected chi connectivity index (χ3v) is 3.23. The van der Waals surface area contributed by atoms with Crippen LogP contribution in [0.4, 0.5) is 14.9 Å². The Morgan fingerprint density at radius 1 is 1.22 bits per heavy atom. The van der Waals surface area contributed by atoms with E-state index in [-0.39, 0.29) is 5.69 Å². The largest absolute Gasteiger partial charge is 0.337 e. The third-order valence-electron chi connectivity index (χ3n) is 2.55. The molecule has 1 fully saturated rings. The normalized spacial score (nSPS) is 16.5. The maximum atomic E-state index is 13.8. The molecule has 0 N–H and O–H groups in total. The molecule has 1 aromatic rings. The number of amides is 4. The number of benzene rings is 1. The second-order valence-corrected chi connectivity index (χ2v) is 4.98. The molecular weight excluding hydrogens is 354 g/mol. The minimum Gasteiger partial charge on any atom is -0.274 e. The lowest BCUT2D eigenvalue weighted by Gasteiger charge is -2.30. The molecule has 0 aliphatic carbocycles. The maximum Gasteiger partial charge on any atom is 0.337 e. The molecule has 18 heavy (non-hydrogen) atoms. The minimum absolute atomic E-state index is 0.134. The van der Waals surface area contributed by atoms with Gasteiger partial charge in [0.1, 0.15) is 12.2 Å². The number of hydrogen-bond donors (Lipinski definition) is 0. The van der Waals surface area contributed by atoms with Crippen molar-refractivity contribution >= 4 is 46.1 Å². The highest BCUT2D eigenvalue weighted by Crippen LogP contribution is 2.25. The van der Waals surface area contributed by atoms with Gasteiger partial charge in [0.05, 0.1) is 5.69 Å². The summed E-state index contributed by atoms with van der Waals surface area (Å²) in [7, 11) is 1.26. The van der Waals surface area contributed by atoms with Gasteiger partial charge in [-0.25, -0.2) is 14.1 Å². The Hall–Kier alpha value is -1.51. The van der Waals surface area contributed by atoms with Gasteiger partial charge in [0.15, 0.2) is 0 Å².